The number of hydrogen-bond donors (Lipinski definition) is 0. The van der Waals surface area contributed by atoms with Gasteiger partial charge >= 0.3 is 0 Å². The summed E-state index contributed by atoms with van der Waals surface area (Å²) in [5.41, 5.74) is 3.87. The molecule has 1 aromatic heterocycles. The van der Waals surface area contributed by atoms with Crippen LogP contribution in [-0.4, -0.2) is 9.55 Å². The lowest BCUT2D eigenvalue weighted by atomic mass is 10.1. The second-order valence-corrected chi connectivity index (χ2v) is 7.87. The van der Waals surface area contributed by atoms with Gasteiger partial charge in [-0.05, 0) is 53.9 Å². The van der Waals surface area contributed by atoms with Crippen LogP contribution in [-0.2, 0) is 12.2 Å². The van der Waals surface area contributed by atoms with Crippen molar-refractivity contribution in [3.8, 4) is 5.69 Å². The molecule has 0 amide bonds. The maximum Gasteiger partial charge on any atom is 0.266 e. The largest absolute Gasteiger partial charge is 0.268 e. The molecule has 0 N–H and O–H groups in total. The van der Waals surface area contributed by atoms with E-state index in [9.17, 15) is 4.79 Å². The van der Waals surface area contributed by atoms with Crippen molar-refractivity contribution in [1.29, 1.82) is 0 Å². The SMILES string of the molecule is CCc1ccc(-n2c(SCc3ccc(Cl)cc3)nc3ccccc3c2=O)cc1. The number of hydrogen-bond acceptors (Lipinski definition) is 3. The van der Waals surface area contributed by atoms with Gasteiger partial charge in [0.1, 0.15) is 0 Å². The number of fused-ring (bicyclic) bond motifs is 1. The molecule has 0 saturated heterocycles. The smallest absolute Gasteiger partial charge is 0.266 e. The van der Waals surface area contributed by atoms with Crippen LogP contribution in [0.25, 0.3) is 16.6 Å². The number of thioether (sulfide) groups is 1. The summed E-state index contributed by atoms with van der Waals surface area (Å²) >= 11 is 7.53. The van der Waals surface area contributed by atoms with Gasteiger partial charge in [-0.25, -0.2) is 4.98 Å². The maximum absolute atomic E-state index is 13.3. The zero-order chi connectivity index (χ0) is 19.5. The first-order valence-corrected chi connectivity index (χ1v) is 10.5. The van der Waals surface area contributed by atoms with Gasteiger partial charge in [-0.15, -0.1) is 0 Å². The molecular weight excluding hydrogens is 388 g/mol. The van der Waals surface area contributed by atoms with Crippen LogP contribution in [0.2, 0.25) is 5.02 Å². The van der Waals surface area contributed by atoms with Gasteiger partial charge in [-0.3, -0.25) is 9.36 Å². The highest BCUT2D eigenvalue weighted by molar-refractivity contribution is 7.98. The lowest BCUT2D eigenvalue weighted by Gasteiger charge is -2.13. The summed E-state index contributed by atoms with van der Waals surface area (Å²) in [4.78, 5) is 18.0. The predicted octanol–water partition coefficient (Wildman–Crippen LogP) is 5.89. The van der Waals surface area contributed by atoms with Crippen LogP contribution >= 0.6 is 23.4 Å². The van der Waals surface area contributed by atoms with Crippen LogP contribution in [0.3, 0.4) is 0 Å². The number of nitrogens with zero attached hydrogens (tertiary/aromatic N) is 2. The Morgan fingerprint density at radius 3 is 2.32 bits per heavy atom. The molecule has 140 valence electrons. The molecule has 4 aromatic rings. The summed E-state index contributed by atoms with van der Waals surface area (Å²) in [6, 6.07) is 23.3. The van der Waals surface area contributed by atoms with Crippen LogP contribution in [0.5, 0.6) is 0 Å². The van der Waals surface area contributed by atoms with Crippen LogP contribution < -0.4 is 5.56 Å². The van der Waals surface area contributed by atoms with E-state index in [0.29, 0.717) is 26.8 Å². The molecule has 0 radical (unpaired) electrons. The first kappa shape index (κ1) is 18.8. The summed E-state index contributed by atoms with van der Waals surface area (Å²) in [6.45, 7) is 2.12. The Hall–Kier alpha value is -2.56. The van der Waals surface area contributed by atoms with E-state index in [4.69, 9.17) is 16.6 Å². The van der Waals surface area contributed by atoms with Crippen molar-refractivity contribution in [2.75, 3.05) is 0 Å². The minimum absolute atomic E-state index is 0.0477. The van der Waals surface area contributed by atoms with Gasteiger partial charge in [-0.1, -0.05) is 66.7 Å². The molecule has 4 rings (SSSR count). The fraction of sp³-hybridized carbons (Fsp3) is 0.130. The first-order valence-electron chi connectivity index (χ1n) is 9.14. The summed E-state index contributed by atoms with van der Waals surface area (Å²) in [6.07, 6.45) is 0.962. The number of rotatable bonds is 5. The zero-order valence-corrected chi connectivity index (χ0v) is 17.0. The van der Waals surface area contributed by atoms with E-state index in [0.717, 1.165) is 17.7 Å². The lowest BCUT2D eigenvalue weighted by molar-refractivity contribution is 0.819. The van der Waals surface area contributed by atoms with Crippen molar-refractivity contribution in [2.45, 2.75) is 24.3 Å². The average Bonchev–Trinajstić information content (AvgIpc) is 2.74. The minimum atomic E-state index is -0.0477. The van der Waals surface area contributed by atoms with E-state index in [1.165, 1.54) is 5.56 Å². The van der Waals surface area contributed by atoms with E-state index in [-0.39, 0.29) is 5.56 Å². The summed E-state index contributed by atoms with van der Waals surface area (Å²) in [7, 11) is 0. The first-order chi connectivity index (χ1) is 13.7. The van der Waals surface area contributed by atoms with Crippen molar-refractivity contribution in [3.63, 3.8) is 0 Å². The highest BCUT2D eigenvalue weighted by atomic mass is 35.5. The van der Waals surface area contributed by atoms with Gasteiger partial charge in [0.25, 0.3) is 5.56 Å². The third kappa shape index (κ3) is 3.84. The third-order valence-corrected chi connectivity index (χ3v) is 5.89. The van der Waals surface area contributed by atoms with Gasteiger partial charge < -0.3 is 0 Å². The molecule has 3 aromatic carbocycles. The molecule has 0 aliphatic heterocycles. The number of para-hydroxylation sites is 1. The quantitative estimate of drug-likeness (QED) is 0.306. The van der Waals surface area contributed by atoms with Crippen LogP contribution in [0.1, 0.15) is 18.1 Å². The summed E-state index contributed by atoms with van der Waals surface area (Å²) in [5, 5.41) is 2.02. The van der Waals surface area contributed by atoms with Gasteiger partial charge in [0.15, 0.2) is 5.16 Å². The number of halogens is 1. The number of aryl methyl sites for hydroxylation is 1. The maximum atomic E-state index is 13.3. The van der Waals surface area contributed by atoms with E-state index < -0.39 is 0 Å². The molecule has 0 saturated carbocycles. The Bertz CT molecular complexity index is 1170. The van der Waals surface area contributed by atoms with Crippen molar-refractivity contribution in [3.05, 3.63) is 99.3 Å². The van der Waals surface area contributed by atoms with Gasteiger partial charge in [0.2, 0.25) is 0 Å². The monoisotopic (exact) mass is 406 g/mol. The third-order valence-electron chi connectivity index (χ3n) is 4.63. The normalized spacial score (nSPS) is 11.1. The summed E-state index contributed by atoms with van der Waals surface area (Å²) < 4.78 is 1.71. The second-order valence-electron chi connectivity index (χ2n) is 6.49. The topological polar surface area (TPSA) is 34.9 Å². The molecule has 1 heterocycles. The molecule has 0 atom stereocenters. The Morgan fingerprint density at radius 1 is 0.929 bits per heavy atom. The average molecular weight is 407 g/mol. The predicted molar refractivity (Wildman–Crippen MR) is 118 cm³/mol. The van der Waals surface area contributed by atoms with Gasteiger partial charge in [-0.2, -0.15) is 0 Å². The molecule has 0 spiro atoms. The molecule has 0 aliphatic rings. The van der Waals surface area contributed by atoms with Gasteiger partial charge in [0, 0.05) is 10.8 Å². The molecule has 5 heteroatoms. The fourth-order valence-corrected chi connectivity index (χ4v) is 4.14. The molecule has 28 heavy (non-hydrogen) atoms. The van der Waals surface area contributed by atoms with E-state index in [2.05, 4.69) is 19.1 Å². The lowest BCUT2D eigenvalue weighted by Crippen LogP contribution is -2.21. The molecule has 0 bridgehead atoms. The highest BCUT2D eigenvalue weighted by Crippen LogP contribution is 2.25. The Morgan fingerprint density at radius 2 is 1.61 bits per heavy atom. The van der Waals surface area contributed by atoms with Crippen LogP contribution in [0.15, 0.2) is 82.7 Å². The molecule has 3 nitrogen and oxygen atoms in total. The van der Waals surface area contributed by atoms with Crippen molar-refractivity contribution < 1.29 is 0 Å². The van der Waals surface area contributed by atoms with E-state index >= 15 is 0 Å². The van der Waals surface area contributed by atoms with Crippen molar-refractivity contribution in [1.82, 2.24) is 9.55 Å². The molecule has 0 fully saturated rings. The Kier molecular flexibility index (Phi) is 5.51. The zero-order valence-electron chi connectivity index (χ0n) is 15.4. The highest BCUT2D eigenvalue weighted by Gasteiger charge is 2.13. The number of aromatic nitrogens is 2. The van der Waals surface area contributed by atoms with Crippen LogP contribution in [0.4, 0.5) is 0 Å². The minimum Gasteiger partial charge on any atom is -0.268 e. The Balaban J connectivity index is 1.80. The van der Waals surface area contributed by atoms with E-state index in [1.807, 2.05) is 60.7 Å². The summed E-state index contributed by atoms with van der Waals surface area (Å²) in [5.74, 6) is 0.703. The number of benzene rings is 3. The van der Waals surface area contributed by atoms with E-state index in [1.54, 1.807) is 16.3 Å². The van der Waals surface area contributed by atoms with Gasteiger partial charge in [0.05, 0.1) is 16.6 Å². The Labute approximate surface area is 173 Å². The molecule has 0 aliphatic carbocycles. The van der Waals surface area contributed by atoms with Crippen molar-refractivity contribution in [2.24, 2.45) is 0 Å². The molecular formula is C23H19ClN2OS. The second kappa shape index (κ2) is 8.21. The van der Waals surface area contributed by atoms with Crippen molar-refractivity contribution >= 4 is 34.3 Å². The standard InChI is InChI=1S/C23H19ClN2OS/c1-2-16-9-13-19(14-10-16)26-22(27)20-5-3-4-6-21(20)25-23(26)28-15-17-7-11-18(24)12-8-17/h3-14H,2,15H2,1H3. The fourth-order valence-electron chi connectivity index (χ4n) is 3.05. The van der Waals surface area contributed by atoms with Crippen LogP contribution in [0, 0.1) is 0 Å². The molecule has 0 unspecified atom stereocenters.